The fraction of sp³-hybridized carbons (Fsp3) is 0. The van der Waals surface area contributed by atoms with E-state index in [1.165, 1.54) is 24.3 Å². The summed E-state index contributed by atoms with van der Waals surface area (Å²) in [6.07, 6.45) is 0. The fourth-order valence-electron chi connectivity index (χ4n) is 1.39. The molecule has 0 saturated carbocycles. The molecule has 5 heteroatoms. The van der Waals surface area contributed by atoms with Crippen molar-refractivity contribution in [3.05, 3.63) is 65.2 Å². The van der Waals surface area contributed by atoms with E-state index in [0.717, 1.165) is 18.2 Å². The van der Waals surface area contributed by atoms with Gasteiger partial charge in [-0.3, -0.25) is 0 Å². The first-order valence-electron chi connectivity index (χ1n) is 5.27. The van der Waals surface area contributed by atoms with Crippen LogP contribution in [-0.4, -0.2) is 5.97 Å². The smallest absolute Gasteiger partial charge is 0.343 e. The number of nitriles is 1. The first kappa shape index (κ1) is 12.7. The van der Waals surface area contributed by atoms with Gasteiger partial charge < -0.3 is 4.74 Å². The van der Waals surface area contributed by atoms with E-state index in [-0.39, 0.29) is 11.3 Å². The zero-order valence-corrected chi connectivity index (χ0v) is 9.56. The lowest BCUT2D eigenvalue weighted by Gasteiger charge is -2.04. The van der Waals surface area contributed by atoms with Gasteiger partial charge in [0.05, 0.1) is 17.2 Å². The minimum Gasteiger partial charge on any atom is -0.423 e. The van der Waals surface area contributed by atoms with E-state index in [1.807, 2.05) is 6.07 Å². The van der Waals surface area contributed by atoms with Crippen LogP contribution >= 0.6 is 0 Å². The predicted octanol–water partition coefficient (Wildman–Crippen LogP) is 3.06. The van der Waals surface area contributed by atoms with Crippen molar-refractivity contribution in [3.8, 4) is 11.8 Å². The number of benzene rings is 2. The fourth-order valence-corrected chi connectivity index (χ4v) is 1.39. The van der Waals surface area contributed by atoms with Gasteiger partial charge in [-0.05, 0) is 36.4 Å². The van der Waals surface area contributed by atoms with Crippen molar-refractivity contribution in [2.75, 3.05) is 0 Å². The molecule has 0 unspecified atom stereocenters. The van der Waals surface area contributed by atoms with E-state index in [1.54, 1.807) is 0 Å². The van der Waals surface area contributed by atoms with Crippen molar-refractivity contribution in [1.82, 2.24) is 0 Å². The second-order valence-electron chi connectivity index (χ2n) is 3.65. The summed E-state index contributed by atoms with van der Waals surface area (Å²) in [4.78, 5) is 11.7. The van der Waals surface area contributed by atoms with Gasteiger partial charge in [0.15, 0.2) is 11.6 Å². The zero-order valence-electron chi connectivity index (χ0n) is 9.56. The van der Waals surface area contributed by atoms with E-state index in [2.05, 4.69) is 0 Å². The largest absolute Gasteiger partial charge is 0.423 e. The Kier molecular flexibility index (Phi) is 3.53. The second-order valence-corrected chi connectivity index (χ2v) is 3.65. The maximum absolute atomic E-state index is 12.9. The van der Waals surface area contributed by atoms with Crippen LogP contribution in [0.25, 0.3) is 0 Å². The Morgan fingerprint density at radius 3 is 2.32 bits per heavy atom. The second kappa shape index (κ2) is 5.27. The molecule has 94 valence electrons. The lowest BCUT2D eigenvalue weighted by atomic mass is 10.1. The number of esters is 1. The maximum Gasteiger partial charge on any atom is 0.343 e. The summed E-state index contributed by atoms with van der Waals surface area (Å²) in [5, 5.41) is 8.62. The van der Waals surface area contributed by atoms with Crippen LogP contribution < -0.4 is 4.74 Å². The molecule has 0 radical (unpaired) electrons. The van der Waals surface area contributed by atoms with Crippen molar-refractivity contribution in [2.24, 2.45) is 0 Å². The number of ether oxygens (including phenoxy) is 1. The van der Waals surface area contributed by atoms with Crippen LogP contribution in [0, 0.1) is 23.0 Å². The highest BCUT2D eigenvalue weighted by molar-refractivity contribution is 5.91. The molecule has 0 bridgehead atoms. The highest BCUT2D eigenvalue weighted by Gasteiger charge is 2.10. The van der Waals surface area contributed by atoms with Gasteiger partial charge in [-0.1, -0.05) is 0 Å². The number of nitrogens with zero attached hydrogens (tertiary/aromatic N) is 1. The Hall–Kier alpha value is -2.74. The van der Waals surface area contributed by atoms with Crippen LogP contribution in [0.15, 0.2) is 42.5 Å². The minimum atomic E-state index is -1.09. The highest BCUT2D eigenvalue weighted by Crippen LogP contribution is 2.17. The first-order valence-corrected chi connectivity index (χ1v) is 5.27. The van der Waals surface area contributed by atoms with Crippen LogP contribution in [0.1, 0.15) is 15.9 Å². The van der Waals surface area contributed by atoms with Crippen molar-refractivity contribution < 1.29 is 18.3 Å². The molecule has 2 rings (SSSR count). The molecule has 0 aliphatic heterocycles. The molecule has 0 aliphatic carbocycles. The van der Waals surface area contributed by atoms with Crippen molar-refractivity contribution in [1.29, 1.82) is 5.26 Å². The van der Waals surface area contributed by atoms with E-state index in [9.17, 15) is 13.6 Å². The third-order valence-electron chi connectivity index (χ3n) is 2.35. The number of halogens is 2. The minimum absolute atomic E-state index is 0.0896. The monoisotopic (exact) mass is 259 g/mol. The summed E-state index contributed by atoms with van der Waals surface area (Å²) >= 11 is 0. The average molecular weight is 259 g/mol. The zero-order chi connectivity index (χ0) is 13.8. The Balaban J connectivity index is 2.16. The van der Waals surface area contributed by atoms with Gasteiger partial charge in [0.1, 0.15) is 5.75 Å². The molecular formula is C14H7F2NO2. The molecule has 0 amide bonds. The predicted molar refractivity (Wildman–Crippen MR) is 62.5 cm³/mol. The molecule has 2 aromatic carbocycles. The van der Waals surface area contributed by atoms with Crippen LogP contribution in [0.4, 0.5) is 8.78 Å². The van der Waals surface area contributed by atoms with Gasteiger partial charge in [0.2, 0.25) is 0 Å². The van der Waals surface area contributed by atoms with Crippen LogP contribution in [-0.2, 0) is 0 Å². The molecule has 0 saturated heterocycles. The van der Waals surface area contributed by atoms with Crippen molar-refractivity contribution >= 4 is 5.97 Å². The van der Waals surface area contributed by atoms with Gasteiger partial charge in [0.25, 0.3) is 0 Å². The molecule has 0 aliphatic rings. The lowest BCUT2D eigenvalue weighted by molar-refractivity contribution is 0.0734. The van der Waals surface area contributed by atoms with Gasteiger partial charge in [-0.2, -0.15) is 5.26 Å². The van der Waals surface area contributed by atoms with E-state index in [4.69, 9.17) is 10.00 Å². The molecule has 0 heterocycles. The standard InChI is InChI=1S/C14H7F2NO2/c15-12-6-5-11(7-13(12)16)19-14(18)10-3-1-9(8-17)2-4-10/h1-7H. The number of hydrogen-bond acceptors (Lipinski definition) is 3. The molecule has 0 fully saturated rings. The van der Waals surface area contributed by atoms with Crippen LogP contribution in [0.3, 0.4) is 0 Å². The first-order chi connectivity index (χ1) is 9.10. The quantitative estimate of drug-likeness (QED) is 0.615. The molecule has 19 heavy (non-hydrogen) atoms. The van der Waals surface area contributed by atoms with Crippen molar-refractivity contribution in [3.63, 3.8) is 0 Å². The third kappa shape index (κ3) is 2.93. The lowest BCUT2D eigenvalue weighted by Crippen LogP contribution is -2.08. The SMILES string of the molecule is N#Cc1ccc(C(=O)Oc2ccc(F)c(F)c2)cc1. The number of carbonyl (C=O) groups is 1. The van der Waals surface area contributed by atoms with E-state index in [0.29, 0.717) is 5.56 Å². The average Bonchev–Trinajstić information content (AvgIpc) is 2.43. The summed E-state index contributed by atoms with van der Waals surface area (Å²) in [5.74, 6) is -2.91. The molecule has 2 aromatic rings. The van der Waals surface area contributed by atoms with Crippen molar-refractivity contribution in [2.45, 2.75) is 0 Å². The molecule has 3 nitrogen and oxygen atoms in total. The molecular weight excluding hydrogens is 252 g/mol. The summed E-state index contributed by atoms with van der Waals surface area (Å²) in [7, 11) is 0. The molecule has 0 N–H and O–H groups in total. The van der Waals surface area contributed by atoms with Gasteiger partial charge in [-0.25, -0.2) is 13.6 Å². The Morgan fingerprint density at radius 2 is 1.74 bits per heavy atom. The number of hydrogen-bond donors (Lipinski definition) is 0. The van der Waals surface area contributed by atoms with Gasteiger partial charge >= 0.3 is 5.97 Å². The third-order valence-corrected chi connectivity index (χ3v) is 2.35. The van der Waals surface area contributed by atoms with Crippen LogP contribution in [0.2, 0.25) is 0 Å². The Labute approximate surface area is 107 Å². The topological polar surface area (TPSA) is 50.1 Å². The van der Waals surface area contributed by atoms with Crippen LogP contribution in [0.5, 0.6) is 5.75 Å². The summed E-state index contributed by atoms with van der Waals surface area (Å²) < 4.78 is 30.5. The highest BCUT2D eigenvalue weighted by atomic mass is 19.2. The van der Waals surface area contributed by atoms with E-state index >= 15 is 0 Å². The Bertz CT molecular complexity index is 660. The summed E-state index contributed by atoms with van der Waals surface area (Å²) in [6.45, 7) is 0. The number of rotatable bonds is 2. The molecule has 0 spiro atoms. The Morgan fingerprint density at radius 1 is 1.05 bits per heavy atom. The molecule has 0 aromatic heterocycles. The number of carbonyl (C=O) groups excluding carboxylic acids is 1. The van der Waals surface area contributed by atoms with Gasteiger partial charge in [0, 0.05) is 6.07 Å². The summed E-state index contributed by atoms with van der Waals surface area (Å²) in [6, 6.07) is 10.5. The normalized spacial score (nSPS) is 9.74. The van der Waals surface area contributed by atoms with E-state index < -0.39 is 17.6 Å². The summed E-state index contributed by atoms with van der Waals surface area (Å²) in [5.41, 5.74) is 0.619. The van der Waals surface area contributed by atoms with Gasteiger partial charge in [-0.15, -0.1) is 0 Å². The maximum atomic E-state index is 12.9. The molecule has 0 atom stereocenters.